The molecule has 0 saturated carbocycles. The van der Waals surface area contributed by atoms with Gasteiger partial charge in [0, 0.05) is 17.8 Å². The van der Waals surface area contributed by atoms with Crippen LogP contribution in [0.4, 0.5) is 0 Å². The molecular weight excluding hydrogens is 202 g/mol. The van der Waals surface area contributed by atoms with Gasteiger partial charge in [-0.2, -0.15) is 11.8 Å². The summed E-state index contributed by atoms with van der Waals surface area (Å²) in [4.78, 5) is 0. The fourth-order valence-corrected chi connectivity index (χ4v) is 3.22. The summed E-state index contributed by atoms with van der Waals surface area (Å²) in [5.41, 5.74) is 2.76. The highest BCUT2D eigenvalue weighted by Gasteiger charge is 2.17. The average Bonchev–Trinajstić information content (AvgIpc) is 2.70. The summed E-state index contributed by atoms with van der Waals surface area (Å²) >= 11 is 2.06. The molecule has 1 unspecified atom stereocenters. The van der Waals surface area contributed by atoms with Gasteiger partial charge >= 0.3 is 0 Å². The molecule has 1 N–H and O–H groups in total. The molecule has 15 heavy (non-hydrogen) atoms. The van der Waals surface area contributed by atoms with Crippen LogP contribution in [0.25, 0.3) is 0 Å². The van der Waals surface area contributed by atoms with E-state index in [-0.39, 0.29) is 0 Å². The molecule has 0 radical (unpaired) electrons. The van der Waals surface area contributed by atoms with Crippen LogP contribution in [0.15, 0.2) is 24.3 Å². The summed E-state index contributed by atoms with van der Waals surface area (Å²) < 4.78 is 0. The van der Waals surface area contributed by atoms with E-state index in [2.05, 4.69) is 55.2 Å². The van der Waals surface area contributed by atoms with Crippen molar-refractivity contribution in [3.63, 3.8) is 0 Å². The molecule has 0 spiro atoms. The van der Waals surface area contributed by atoms with Crippen LogP contribution in [0, 0.1) is 6.92 Å². The van der Waals surface area contributed by atoms with Crippen LogP contribution >= 0.6 is 11.8 Å². The predicted octanol–water partition coefficient (Wildman–Crippen LogP) is 3.15. The van der Waals surface area contributed by atoms with Gasteiger partial charge in [-0.3, -0.25) is 0 Å². The lowest BCUT2D eigenvalue weighted by atomic mass is 10.0. The molecule has 0 aromatic heterocycles. The summed E-state index contributed by atoms with van der Waals surface area (Å²) in [6.45, 7) is 4.42. The maximum Gasteiger partial charge on any atom is 0.0294 e. The highest BCUT2D eigenvalue weighted by atomic mass is 32.2. The van der Waals surface area contributed by atoms with Crippen LogP contribution in [-0.4, -0.2) is 17.5 Å². The molecule has 82 valence electrons. The summed E-state index contributed by atoms with van der Waals surface area (Å²) in [6.07, 6.45) is 1.32. The number of aryl methyl sites for hydroxylation is 1. The van der Waals surface area contributed by atoms with Crippen molar-refractivity contribution >= 4 is 11.8 Å². The van der Waals surface area contributed by atoms with Crippen LogP contribution in [0.3, 0.4) is 0 Å². The van der Waals surface area contributed by atoms with E-state index in [4.69, 9.17) is 0 Å². The highest BCUT2D eigenvalue weighted by Crippen LogP contribution is 2.21. The molecule has 2 rings (SSSR count). The van der Waals surface area contributed by atoms with Gasteiger partial charge in [0.1, 0.15) is 0 Å². The van der Waals surface area contributed by atoms with Gasteiger partial charge in [-0.25, -0.2) is 0 Å². The van der Waals surface area contributed by atoms with Gasteiger partial charge in [0.05, 0.1) is 0 Å². The standard InChI is InChI=1S/C13H19NS/c1-10-4-3-5-12(8-10)11(2)14-13-6-7-15-9-13/h3-5,8,11,13-14H,6-7,9H2,1-2H3/t11-,13?/m0/s1. The molecule has 1 heterocycles. The minimum Gasteiger partial charge on any atom is -0.307 e. The zero-order chi connectivity index (χ0) is 10.7. The Hall–Kier alpha value is -0.470. The van der Waals surface area contributed by atoms with Crippen LogP contribution in [-0.2, 0) is 0 Å². The lowest BCUT2D eigenvalue weighted by Gasteiger charge is -2.19. The smallest absolute Gasteiger partial charge is 0.0294 e. The fraction of sp³-hybridized carbons (Fsp3) is 0.538. The summed E-state index contributed by atoms with van der Waals surface area (Å²) in [5, 5.41) is 3.70. The Morgan fingerprint density at radius 3 is 3.00 bits per heavy atom. The lowest BCUT2D eigenvalue weighted by Crippen LogP contribution is -2.31. The van der Waals surface area contributed by atoms with Gasteiger partial charge in [0.15, 0.2) is 0 Å². The van der Waals surface area contributed by atoms with E-state index >= 15 is 0 Å². The van der Waals surface area contributed by atoms with Crippen LogP contribution in [0.5, 0.6) is 0 Å². The molecule has 2 atom stereocenters. The first-order valence-corrected chi connectivity index (χ1v) is 6.81. The second-order valence-electron chi connectivity index (χ2n) is 4.36. The lowest BCUT2D eigenvalue weighted by molar-refractivity contribution is 0.486. The topological polar surface area (TPSA) is 12.0 Å². The molecule has 0 aliphatic carbocycles. The van der Waals surface area contributed by atoms with Crippen molar-refractivity contribution in [2.45, 2.75) is 32.4 Å². The van der Waals surface area contributed by atoms with Gasteiger partial charge in [0.2, 0.25) is 0 Å². The van der Waals surface area contributed by atoms with E-state index in [1.165, 1.54) is 29.1 Å². The Labute approximate surface area is 96.7 Å². The van der Waals surface area contributed by atoms with Gasteiger partial charge in [-0.05, 0) is 31.6 Å². The number of rotatable bonds is 3. The van der Waals surface area contributed by atoms with E-state index in [1.807, 2.05) is 0 Å². The normalized spacial score (nSPS) is 22.9. The summed E-state index contributed by atoms with van der Waals surface area (Å²) in [6, 6.07) is 9.99. The predicted molar refractivity (Wildman–Crippen MR) is 68.5 cm³/mol. The largest absolute Gasteiger partial charge is 0.307 e. The van der Waals surface area contributed by atoms with E-state index < -0.39 is 0 Å². The molecule has 0 bridgehead atoms. The second-order valence-corrected chi connectivity index (χ2v) is 5.51. The zero-order valence-electron chi connectivity index (χ0n) is 9.49. The minimum absolute atomic E-state index is 0.480. The molecule has 1 aromatic carbocycles. The van der Waals surface area contributed by atoms with Crippen molar-refractivity contribution in [2.24, 2.45) is 0 Å². The molecule has 1 aromatic rings. The Bertz CT molecular complexity index is 318. The average molecular weight is 221 g/mol. The number of thioether (sulfide) groups is 1. The van der Waals surface area contributed by atoms with Crippen molar-refractivity contribution in [2.75, 3.05) is 11.5 Å². The second kappa shape index (κ2) is 5.04. The molecule has 1 aliphatic heterocycles. The van der Waals surface area contributed by atoms with Crippen molar-refractivity contribution in [1.82, 2.24) is 5.32 Å². The van der Waals surface area contributed by atoms with E-state index in [1.54, 1.807) is 0 Å². The van der Waals surface area contributed by atoms with E-state index in [0.29, 0.717) is 12.1 Å². The molecule has 1 saturated heterocycles. The van der Waals surface area contributed by atoms with Gasteiger partial charge < -0.3 is 5.32 Å². The molecule has 1 nitrogen and oxygen atoms in total. The van der Waals surface area contributed by atoms with Crippen LogP contribution in [0.2, 0.25) is 0 Å². The number of benzene rings is 1. The summed E-state index contributed by atoms with van der Waals surface area (Å²) in [5.74, 6) is 2.59. The summed E-state index contributed by atoms with van der Waals surface area (Å²) in [7, 11) is 0. The van der Waals surface area contributed by atoms with Crippen molar-refractivity contribution < 1.29 is 0 Å². The molecule has 1 fully saturated rings. The molecular formula is C13H19NS. The Kier molecular flexibility index (Phi) is 3.71. The third-order valence-electron chi connectivity index (χ3n) is 2.96. The van der Waals surface area contributed by atoms with E-state index in [0.717, 1.165) is 0 Å². The van der Waals surface area contributed by atoms with Gasteiger partial charge in [-0.1, -0.05) is 29.8 Å². The first-order valence-electron chi connectivity index (χ1n) is 5.66. The SMILES string of the molecule is Cc1cccc([C@H](C)NC2CCSC2)c1. The first kappa shape index (κ1) is 11.0. The molecule has 0 amide bonds. The molecule has 1 aliphatic rings. The van der Waals surface area contributed by atoms with Gasteiger partial charge in [0.25, 0.3) is 0 Å². The Morgan fingerprint density at radius 2 is 2.33 bits per heavy atom. The maximum absolute atomic E-state index is 3.70. The van der Waals surface area contributed by atoms with E-state index in [9.17, 15) is 0 Å². The Balaban J connectivity index is 1.97. The number of hydrogen-bond acceptors (Lipinski definition) is 2. The van der Waals surface area contributed by atoms with Gasteiger partial charge in [-0.15, -0.1) is 0 Å². The Morgan fingerprint density at radius 1 is 1.47 bits per heavy atom. The van der Waals surface area contributed by atoms with Crippen molar-refractivity contribution in [3.05, 3.63) is 35.4 Å². The minimum atomic E-state index is 0.480. The maximum atomic E-state index is 3.70. The third-order valence-corrected chi connectivity index (χ3v) is 4.12. The number of hydrogen-bond donors (Lipinski definition) is 1. The zero-order valence-corrected chi connectivity index (χ0v) is 10.3. The van der Waals surface area contributed by atoms with Crippen LogP contribution in [0.1, 0.15) is 30.5 Å². The first-order chi connectivity index (χ1) is 7.25. The fourth-order valence-electron chi connectivity index (χ4n) is 2.06. The number of nitrogens with one attached hydrogen (secondary N) is 1. The highest BCUT2D eigenvalue weighted by molar-refractivity contribution is 7.99. The third kappa shape index (κ3) is 2.99. The van der Waals surface area contributed by atoms with Crippen molar-refractivity contribution in [1.29, 1.82) is 0 Å². The van der Waals surface area contributed by atoms with Crippen molar-refractivity contribution in [3.8, 4) is 0 Å². The molecule has 2 heteroatoms. The quantitative estimate of drug-likeness (QED) is 0.841. The monoisotopic (exact) mass is 221 g/mol. The van der Waals surface area contributed by atoms with Crippen LogP contribution < -0.4 is 5.32 Å².